The summed E-state index contributed by atoms with van der Waals surface area (Å²) in [5.74, 6) is -1.65. The molecule has 2 heterocycles. The number of aromatic nitrogens is 1. The lowest BCUT2D eigenvalue weighted by molar-refractivity contribution is -0.138. The van der Waals surface area contributed by atoms with E-state index in [1.807, 2.05) is 0 Å². The average Bonchev–Trinajstić information content (AvgIpc) is 3.60. The highest BCUT2D eigenvalue weighted by molar-refractivity contribution is 7.85. The summed E-state index contributed by atoms with van der Waals surface area (Å²) in [6, 6.07) is 8.40. The number of hydrogen-bond acceptors (Lipinski definition) is 4. The van der Waals surface area contributed by atoms with Crippen LogP contribution in [0.1, 0.15) is 35.1 Å². The van der Waals surface area contributed by atoms with E-state index in [1.54, 1.807) is 0 Å². The number of pyridine rings is 1. The molecule has 1 aliphatic rings. The first-order valence-electron chi connectivity index (χ1n) is 12.5. The quantitative estimate of drug-likeness (QED) is 0.192. The van der Waals surface area contributed by atoms with Gasteiger partial charge in [0.15, 0.2) is 0 Å². The van der Waals surface area contributed by atoms with Crippen molar-refractivity contribution in [2.24, 2.45) is 5.92 Å². The summed E-state index contributed by atoms with van der Waals surface area (Å²) < 4.78 is 124. The SMILES string of the molecule is N#Cc1c(C(F)(F)F)cc(-c2cc(-c3cc(S(=O)CC4CC4)cc(C(F)(F)F)c3)cs2)n(Cc2ccc(F)cc2F)c1=O. The molecule has 43 heavy (non-hydrogen) atoms. The third kappa shape index (κ3) is 6.57. The number of thiophene rings is 1. The fraction of sp³-hybridized carbons (Fsp3) is 0.241. The van der Waals surface area contributed by atoms with Gasteiger partial charge in [0.1, 0.15) is 23.3 Å². The van der Waals surface area contributed by atoms with Crippen LogP contribution in [-0.4, -0.2) is 14.5 Å². The first-order valence-corrected chi connectivity index (χ1v) is 14.7. The van der Waals surface area contributed by atoms with Gasteiger partial charge < -0.3 is 4.57 Å². The van der Waals surface area contributed by atoms with Crippen molar-refractivity contribution in [1.29, 1.82) is 5.26 Å². The molecule has 0 amide bonds. The molecule has 1 unspecified atom stereocenters. The lowest BCUT2D eigenvalue weighted by atomic mass is 10.0. The van der Waals surface area contributed by atoms with Crippen LogP contribution in [0.3, 0.4) is 0 Å². The molecule has 0 saturated heterocycles. The Bertz CT molecular complexity index is 1850. The van der Waals surface area contributed by atoms with Crippen LogP contribution in [0, 0.1) is 28.9 Å². The molecule has 4 aromatic rings. The zero-order valence-electron chi connectivity index (χ0n) is 21.7. The molecule has 2 aromatic carbocycles. The van der Waals surface area contributed by atoms with E-state index in [1.165, 1.54) is 23.6 Å². The number of benzene rings is 2. The lowest BCUT2D eigenvalue weighted by Crippen LogP contribution is -2.28. The van der Waals surface area contributed by atoms with Gasteiger partial charge in [-0.1, -0.05) is 6.07 Å². The van der Waals surface area contributed by atoms with Crippen molar-refractivity contribution in [3.63, 3.8) is 0 Å². The Morgan fingerprint density at radius 2 is 1.67 bits per heavy atom. The monoisotopic (exact) mass is 642 g/mol. The number of halogens is 8. The van der Waals surface area contributed by atoms with Crippen molar-refractivity contribution < 1.29 is 39.3 Å². The molecule has 224 valence electrons. The summed E-state index contributed by atoms with van der Waals surface area (Å²) in [5, 5.41) is 10.7. The minimum Gasteiger partial charge on any atom is -0.302 e. The van der Waals surface area contributed by atoms with Gasteiger partial charge in [-0.05, 0) is 71.7 Å². The van der Waals surface area contributed by atoms with Gasteiger partial charge in [0, 0.05) is 22.3 Å². The molecule has 0 bridgehead atoms. The highest BCUT2D eigenvalue weighted by Crippen LogP contribution is 2.40. The molecule has 0 spiro atoms. The van der Waals surface area contributed by atoms with Crippen LogP contribution in [0.2, 0.25) is 0 Å². The molecule has 2 aromatic heterocycles. The van der Waals surface area contributed by atoms with Crippen molar-refractivity contribution in [3.05, 3.63) is 98.2 Å². The second-order valence-corrected chi connectivity index (χ2v) is 12.4. The van der Waals surface area contributed by atoms with Crippen molar-refractivity contribution in [1.82, 2.24) is 4.57 Å². The van der Waals surface area contributed by atoms with Crippen LogP contribution < -0.4 is 5.56 Å². The van der Waals surface area contributed by atoms with Crippen LogP contribution in [0.15, 0.2) is 63.6 Å². The van der Waals surface area contributed by atoms with Crippen molar-refractivity contribution in [2.75, 3.05) is 5.75 Å². The molecule has 1 fully saturated rings. The Labute approximate surface area is 245 Å². The van der Waals surface area contributed by atoms with E-state index in [4.69, 9.17) is 0 Å². The topological polar surface area (TPSA) is 62.9 Å². The zero-order chi connectivity index (χ0) is 31.3. The molecule has 5 rings (SSSR count). The Morgan fingerprint density at radius 3 is 2.28 bits per heavy atom. The standard InChI is InChI=1S/C29H18F8N2O2S2/c30-20-4-3-16(24(31)9-20)12-39-25(10-23(29(35,36)37)22(11-38)27(39)40)26-7-18(13-42-26)17-5-19(28(32,33)34)8-21(6-17)43(41)14-15-1-2-15/h3-10,13,15H,1-2,12,14H2. The Morgan fingerprint density at radius 1 is 0.953 bits per heavy atom. The van der Waals surface area contributed by atoms with E-state index in [9.17, 15) is 49.4 Å². The van der Waals surface area contributed by atoms with Crippen molar-refractivity contribution in [3.8, 4) is 27.8 Å². The summed E-state index contributed by atoms with van der Waals surface area (Å²) in [5.41, 5.74) is -5.73. The normalized spacial score (nSPS) is 14.5. The second-order valence-electron chi connectivity index (χ2n) is 9.95. The molecule has 14 heteroatoms. The summed E-state index contributed by atoms with van der Waals surface area (Å²) in [6.07, 6.45) is -8.23. The lowest BCUT2D eigenvalue weighted by Gasteiger charge is -2.17. The smallest absolute Gasteiger partial charge is 0.302 e. The summed E-state index contributed by atoms with van der Waals surface area (Å²) in [4.78, 5) is 13.1. The average molecular weight is 643 g/mol. The number of nitriles is 1. The van der Waals surface area contributed by atoms with Gasteiger partial charge in [-0.2, -0.15) is 31.6 Å². The maximum Gasteiger partial charge on any atom is 0.417 e. The van der Waals surface area contributed by atoms with Crippen LogP contribution in [-0.2, 0) is 29.7 Å². The Balaban J connectivity index is 1.66. The van der Waals surface area contributed by atoms with Gasteiger partial charge in [0.05, 0.1) is 39.0 Å². The van der Waals surface area contributed by atoms with E-state index in [0.29, 0.717) is 12.1 Å². The third-order valence-corrected chi connectivity index (χ3v) is 9.32. The maximum atomic E-state index is 14.5. The third-order valence-electron chi connectivity index (χ3n) is 6.83. The van der Waals surface area contributed by atoms with Crippen molar-refractivity contribution >= 4 is 22.1 Å². The number of nitrogens with zero attached hydrogens (tertiary/aromatic N) is 2. The van der Waals surface area contributed by atoms with E-state index >= 15 is 0 Å². The van der Waals surface area contributed by atoms with Crippen LogP contribution in [0.4, 0.5) is 35.1 Å². The molecule has 1 saturated carbocycles. The van der Waals surface area contributed by atoms with Gasteiger partial charge in [-0.15, -0.1) is 11.3 Å². The van der Waals surface area contributed by atoms with Gasteiger partial charge >= 0.3 is 12.4 Å². The molecule has 4 nitrogen and oxygen atoms in total. The molecule has 1 aliphatic carbocycles. The number of alkyl halides is 6. The maximum absolute atomic E-state index is 14.5. The van der Waals surface area contributed by atoms with Gasteiger partial charge in [0.25, 0.3) is 5.56 Å². The first-order chi connectivity index (χ1) is 20.2. The fourth-order valence-corrected chi connectivity index (χ4v) is 6.85. The predicted molar refractivity (Wildman–Crippen MR) is 144 cm³/mol. The molecule has 0 N–H and O–H groups in total. The van der Waals surface area contributed by atoms with E-state index in [2.05, 4.69) is 0 Å². The summed E-state index contributed by atoms with van der Waals surface area (Å²) in [7, 11) is -1.72. The van der Waals surface area contributed by atoms with Gasteiger partial charge in [-0.25, -0.2) is 8.78 Å². The van der Waals surface area contributed by atoms with Crippen molar-refractivity contribution in [2.45, 2.75) is 36.6 Å². The largest absolute Gasteiger partial charge is 0.417 e. The van der Waals surface area contributed by atoms with E-state index in [0.717, 1.165) is 53.0 Å². The van der Waals surface area contributed by atoms with Gasteiger partial charge in [0.2, 0.25) is 0 Å². The van der Waals surface area contributed by atoms with Crippen LogP contribution >= 0.6 is 11.3 Å². The highest BCUT2D eigenvalue weighted by Gasteiger charge is 2.37. The van der Waals surface area contributed by atoms with Crippen LogP contribution in [0.25, 0.3) is 21.7 Å². The van der Waals surface area contributed by atoms with E-state index < -0.39 is 63.6 Å². The number of hydrogen-bond donors (Lipinski definition) is 0. The summed E-state index contributed by atoms with van der Waals surface area (Å²) >= 11 is 0.798. The first kappa shape index (κ1) is 30.6. The minimum absolute atomic E-state index is 0.000335. The molecule has 0 radical (unpaired) electrons. The molecule has 1 atom stereocenters. The Hall–Kier alpha value is -3.83. The molecule has 0 aliphatic heterocycles. The minimum atomic E-state index is -5.12. The van der Waals surface area contributed by atoms with E-state index in [-0.39, 0.29) is 43.8 Å². The fourth-order valence-electron chi connectivity index (χ4n) is 4.44. The van der Waals surface area contributed by atoms with Gasteiger partial charge in [-0.3, -0.25) is 9.00 Å². The second kappa shape index (κ2) is 11.3. The summed E-state index contributed by atoms with van der Waals surface area (Å²) in [6.45, 7) is -0.672. The predicted octanol–water partition coefficient (Wildman–Crippen LogP) is 8.00. The zero-order valence-corrected chi connectivity index (χ0v) is 23.3. The number of rotatable bonds is 7. The Kier molecular flexibility index (Phi) is 8.08. The molecular formula is C29H18F8N2O2S2. The highest BCUT2D eigenvalue weighted by atomic mass is 32.2. The molecular weight excluding hydrogens is 624 g/mol. The van der Waals surface area contributed by atoms with Crippen LogP contribution in [0.5, 0.6) is 0 Å².